The van der Waals surface area contributed by atoms with E-state index >= 15 is 0 Å². The first-order valence-electron chi connectivity index (χ1n) is 5.86. The standard InChI is InChI=1S/C11H10F11NO/c1-4-23(6(24)5(2)3)11(21,22)9(16,17)7(12,13)8(14,15)10(18,19)20/h2,4H2,1,3H3. The lowest BCUT2D eigenvalue weighted by molar-refractivity contribution is -0.434. The fraction of sp³-hybridized carbons (Fsp3) is 0.727. The summed E-state index contributed by atoms with van der Waals surface area (Å²) in [6.45, 7) is 2.68. The predicted octanol–water partition coefficient (Wildman–Crippen LogP) is 4.47. The maximum Gasteiger partial charge on any atom is 0.460 e. The first kappa shape index (κ1) is 22.4. The van der Waals surface area contributed by atoms with Crippen molar-refractivity contribution in [2.45, 2.75) is 43.8 Å². The van der Waals surface area contributed by atoms with Crippen LogP contribution in [0.2, 0.25) is 0 Å². The van der Waals surface area contributed by atoms with Crippen molar-refractivity contribution >= 4 is 5.91 Å². The highest BCUT2D eigenvalue weighted by atomic mass is 19.4. The number of likely N-dealkylation sites (N-methyl/N-ethyl adjacent to an activating group) is 1. The molecular weight excluding hydrogens is 371 g/mol. The van der Waals surface area contributed by atoms with Gasteiger partial charge in [-0.05, 0) is 13.8 Å². The third-order valence-electron chi connectivity index (χ3n) is 2.79. The van der Waals surface area contributed by atoms with Gasteiger partial charge in [0.25, 0.3) is 5.91 Å². The Morgan fingerprint density at radius 1 is 0.833 bits per heavy atom. The minimum Gasteiger partial charge on any atom is -0.275 e. The summed E-state index contributed by atoms with van der Waals surface area (Å²) >= 11 is 0. The molecule has 0 bridgehead atoms. The van der Waals surface area contributed by atoms with E-state index in [0.717, 1.165) is 0 Å². The lowest BCUT2D eigenvalue weighted by atomic mass is 10.0. The Hall–Kier alpha value is -1.56. The molecule has 0 aromatic carbocycles. The maximum atomic E-state index is 13.6. The molecule has 2 nitrogen and oxygen atoms in total. The van der Waals surface area contributed by atoms with Crippen LogP contribution < -0.4 is 0 Å². The minimum atomic E-state index is -7.55. The zero-order valence-electron chi connectivity index (χ0n) is 11.9. The van der Waals surface area contributed by atoms with Crippen molar-refractivity contribution in [1.82, 2.24) is 4.90 Å². The van der Waals surface area contributed by atoms with Crippen molar-refractivity contribution in [1.29, 1.82) is 0 Å². The Morgan fingerprint density at radius 2 is 1.21 bits per heavy atom. The number of halogens is 11. The fourth-order valence-corrected chi connectivity index (χ4v) is 1.43. The molecule has 0 aliphatic rings. The van der Waals surface area contributed by atoms with Gasteiger partial charge < -0.3 is 0 Å². The van der Waals surface area contributed by atoms with E-state index in [1.807, 2.05) is 0 Å². The molecule has 0 unspecified atom stereocenters. The van der Waals surface area contributed by atoms with Gasteiger partial charge in [-0.3, -0.25) is 9.69 Å². The van der Waals surface area contributed by atoms with Gasteiger partial charge in [-0.1, -0.05) is 6.58 Å². The van der Waals surface area contributed by atoms with E-state index in [1.165, 1.54) is 0 Å². The molecule has 0 aromatic rings. The molecule has 0 N–H and O–H groups in total. The largest absolute Gasteiger partial charge is 0.460 e. The quantitative estimate of drug-likeness (QED) is 0.378. The smallest absolute Gasteiger partial charge is 0.275 e. The van der Waals surface area contributed by atoms with E-state index in [-0.39, 0.29) is 0 Å². The predicted molar refractivity (Wildman–Crippen MR) is 58.0 cm³/mol. The summed E-state index contributed by atoms with van der Waals surface area (Å²) in [6, 6.07) is -6.37. The molecule has 24 heavy (non-hydrogen) atoms. The molecule has 0 aliphatic carbocycles. The van der Waals surface area contributed by atoms with Crippen LogP contribution in [-0.4, -0.2) is 47.3 Å². The zero-order valence-corrected chi connectivity index (χ0v) is 11.9. The summed E-state index contributed by atoms with van der Waals surface area (Å²) in [5, 5.41) is 0. The summed E-state index contributed by atoms with van der Waals surface area (Å²) in [5.74, 6) is -24.3. The van der Waals surface area contributed by atoms with E-state index in [0.29, 0.717) is 13.8 Å². The molecule has 13 heteroatoms. The second-order valence-electron chi connectivity index (χ2n) is 4.59. The molecule has 142 valence electrons. The second kappa shape index (κ2) is 6.06. The Balaban J connectivity index is 6.28. The van der Waals surface area contributed by atoms with Gasteiger partial charge in [0, 0.05) is 12.1 Å². The minimum absolute atomic E-state index is 0.588. The van der Waals surface area contributed by atoms with Crippen LogP contribution in [0.5, 0.6) is 0 Å². The number of rotatable bonds is 6. The fourth-order valence-electron chi connectivity index (χ4n) is 1.43. The van der Waals surface area contributed by atoms with Crippen LogP contribution in [0.25, 0.3) is 0 Å². The maximum absolute atomic E-state index is 13.6. The van der Waals surface area contributed by atoms with E-state index in [2.05, 4.69) is 6.58 Å². The van der Waals surface area contributed by atoms with Gasteiger partial charge in [0.2, 0.25) is 0 Å². The van der Waals surface area contributed by atoms with Gasteiger partial charge in [-0.2, -0.15) is 48.3 Å². The van der Waals surface area contributed by atoms with E-state index < -0.39 is 52.9 Å². The van der Waals surface area contributed by atoms with E-state index in [1.54, 1.807) is 0 Å². The summed E-state index contributed by atoms with van der Waals surface area (Å²) in [4.78, 5) is 10.0. The van der Waals surface area contributed by atoms with Crippen molar-refractivity contribution in [3.05, 3.63) is 12.2 Å². The molecule has 0 saturated heterocycles. The lowest BCUT2D eigenvalue weighted by Gasteiger charge is -2.41. The summed E-state index contributed by atoms with van der Waals surface area (Å²) in [6.07, 6.45) is -7.24. The normalized spacial score (nSPS) is 14.5. The molecule has 0 rings (SSSR count). The van der Waals surface area contributed by atoms with Crippen molar-refractivity contribution in [3.8, 4) is 0 Å². The monoisotopic (exact) mass is 381 g/mol. The summed E-state index contributed by atoms with van der Waals surface area (Å²) in [5.41, 5.74) is -0.863. The molecule has 0 radical (unpaired) electrons. The van der Waals surface area contributed by atoms with Crippen LogP contribution in [0.15, 0.2) is 12.2 Å². The zero-order chi connectivity index (χ0) is 19.9. The first-order chi connectivity index (χ1) is 10.3. The van der Waals surface area contributed by atoms with Crippen LogP contribution in [0.1, 0.15) is 13.8 Å². The number of carbonyl (C=O) groups is 1. The molecule has 0 fully saturated rings. The van der Waals surface area contributed by atoms with Crippen LogP contribution in [-0.2, 0) is 4.79 Å². The Kier molecular flexibility index (Phi) is 5.67. The van der Waals surface area contributed by atoms with Gasteiger partial charge in [-0.25, -0.2) is 0 Å². The summed E-state index contributed by atoms with van der Waals surface area (Å²) in [7, 11) is 0. The third kappa shape index (κ3) is 3.04. The Bertz CT molecular complexity index is 509. The van der Waals surface area contributed by atoms with Crippen LogP contribution in [0, 0.1) is 0 Å². The van der Waals surface area contributed by atoms with Crippen LogP contribution in [0.4, 0.5) is 48.3 Å². The molecule has 0 saturated carbocycles. The molecule has 0 spiro atoms. The average Bonchev–Trinajstić information content (AvgIpc) is 2.36. The number of nitrogens with zero attached hydrogens (tertiary/aromatic N) is 1. The average molecular weight is 381 g/mol. The topological polar surface area (TPSA) is 20.3 Å². The molecular formula is C11H10F11NO. The van der Waals surface area contributed by atoms with E-state index in [4.69, 9.17) is 0 Å². The van der Waals surface area contributed by atoms with Gasteiger partial charge in [0.1, 0.15) is 0 Å². The lowest BCUT2D eigenvalue weighted by Crippen LogP contribution is -2.70. The van der Waals surface area contributed by atoms with Crippen molar-refractivity contribution in [2.75, 3.05) is 6.54 Å². The van der Waals surface area contributed by atoms with Crippen LogP contribution >= 0.6 is 0 Å². The molecule has 0 aliphatic heterocycles. The molecule has 0 aromatic heterocycles. The Labute approximate surface area is 127 Å². The first-order valence-corrected chi connectivity index (χ1v) is 5.86. The van der Waals surface area contributed by atoms with Crippen molar-refractivity contribution in [3.63, 3.8) is 0 Å². The highest BCUT2D eigenvalue weighted by Gasteiger charge is 2.88. The van der Waals surface area contributed by atoms with Gasteiger partial charge >= 0.3 is 30.0 Å². The number of hydrogen-bond donors (Lipinski definition) is 0. The number of alkyl halides is 11. The van der Waals surface area contributed by atoms with Crippen LogP contribution in [0.3, 0.4) is 0 Å². The highest BCUT2D eigenvalue weighted by molar-refractivity contribution is 5.92. The van der Waals surface area contributed by atoms with Crippen molar-refractivity contribution in [2.24, 2.45) is 0 Å². The number of carbonyl (C=O) groups excluding carboxylic acids is 1. The summed E-state index contributed by atoms with van der Waals surface area (Å²) < 4.78 is 141. The van der Waals surface area contributed by atoms with Gasteiger partial charge in [-0.15, -0.1) is 0 Å². The van der Waals surface area contributed by atoms with E-state index in [9.17, 15) is 53.1 Å². The van der Waals surface area contributed by atoms with Crippen molar-refractivity contribution < 1.29 is 53.1 Å². The SMILES string of the molecule is C=C(C)C(=O)N(CC)C(F)(F)C(F)(F)C(F)(F)C(F)(F)C(F)(F)F. The third-order valence-corrected chi connectivity index (χ3v) is 2.79. The Morgan fingerprint density at radius 3 is 1.46 bits per heavy atom. The molecule has 1 amide bonds. The molecule has 0 heterocycles. The second-order valence-corrected chi connectivity index (χ2v) is 4.59. The highest BCUT2D eigenvalue weighted by Crippen LogP contribution is 2.57. The molecule has 0 atom stereocenters. The van der Waals surface area contributed by atoms with Gasteiger partial charge in [0.15, 0.2) is 0 Å². The number of amides is 1. The number of hydrogen-bond acceptors (Lipinski definition) is 1. The van der Waals surface area contributed by atoms with Gasteiger partial charge in [0.05, 0.1) is 0 Å².